The number of hydrogen-bond acceptors (Lipinski definition) is 3. The molecule has 4 nitrogen and oxygen atoms in total. The minimum Gasteiger partial charge on any atom is -0.485 e. The molecule has 4 heteroatoms. The summed E-state index contributed by atoms with van der Waals surface area (Å²) in [6.07, 6.45) is 7.18. The molecule has 20 heavy (non-hydrogen) atoms. The third-order valence-electron chi connectivity index (χ3n) is 3.97. The van der Waals surface area contributed by atoms with Gasteiger partial charge in [-0.1, -0.05) is 25.0 Å². The second-order valence-corrected chi connectivity index (χ2v) is 5.51. The van der Waals surface area contributed by atoms with E-state index in [1.165, 1.54) is 25.7 Å². The molecule has 1 aliphatic carbocycles. The van der Waals surface area contributed by atoms with Gasteiger partial charge in [0.1, 0.15) is 12.4 Å². The zero-order valence-corrected chi connectivity index (χ0v) is 11.9. The van der Waals surface area contributed by atoms with Gasteiger partial charge in [0.25, 0.3) is 0 Å². The van der Waals surface area contributed by atoms with E-state index in [2.05, 4.69) is 16.0 Å². The Morgan fingerprint density at radius 2 is 2.10 bits per heavy atom. The highest BCUT2D eigenvalue weighted by Crippen LogP contribution is 2.29. The molecule has 0 radical (unpaired) electrons. The maximum absolute atomic E-state index is 5.94. The van der Waals surface area contributed by atoms with Crippen LogP contribution in [0.2, 0.25) is 0 Å². The molecule has 3 rings (SSSR count). The molecule has 0 spiro atoms. The van der Waals surface area contributed by atoms with Crippen molar-refractivity contribution in [1.82, 2.24) is 9.78 Å². The fourth-order valence-corrected chi connectivity index (χ4v) is 2.84. The van der Waals surface area contributed by atoms with Gasteiger partial charge in [-0.15, -0.1) is 0 Å². The number of para-hydroxylation sites is 1. The van der Waals surface area contributed by atoms with Crippen LogP contribution in [-0.4, -0.2) is 9.78 Å². The third-order valence-corrected chi connectivity index (χ3v) is 3.97. The van der Waals surface area contributed by atoms with Crippen molar-refractivity contribution >= 4 is 5.69 Å². The lowest BCUT2D eigenvalue weighted by Gasteiger charge is -2.11. The van der Waals surface area contributed by atoms with E-state index in [1.54, 1.807) is 0 Å². The van der Waals surface area contributed by atoms with Crippen LogP contribution in [-0.2, 0) is 6.61 Å². The van der Waals surface area contributed by atoms with Crippen LogP contribution in [0.15, 0.2) is 30.5 Å². The number of benzene rings is 1. The molecule has 0 unspecified atom stereocenters. The van der Waals surface area contributed by atoms with Crippen LogP contribution in [0.1, 0.15) is 43.0 Å². The summed E-state index contributed by atoms with van der Waals surface area (Å²) >= 11 is 0. The largest absolute Gasteiger partial charge is 0.485 e. The van der Waals surface area contributed by atoms with Crippen molar-refractivity contribution in [2.24, 2.45) is 0 Å². The number of hydrogen-bond donors (Lipinski definition) is 1. The van der Waals surface area contributed by atoms with Crippen LogP contribution in [0.3, 0.4) is 0 Å². The quantitative estimate of drug-likeness (QED) is 0.866. The fraction of sp³-hybridized carbons (Fsp3) is 0.438. The zero-order valence-electron chi connectivity index (χ0n) is 11.9. The van der Waals surface area contributed by atoms with Crippen LogP contribution in [0.25, 0.3) is 0 Å². The molecular formula is C16H21N3O. The number of anilines is 1. The van der Waals surface area contributed by atoms with Crippen molar-refractivity contribution in [3.8, 4) is 5.75 Å². The first-order valence-corrected chi connectivity index (χ1v) is 7.26. The maximum Gasteiger partial charge on any atom is 0.145 e. The SMILES string of the molecule is Cc1cccc(N)c1OCc1ccn(C2CCCC2)n1. The summed E-state index contributed by atoms with van der Waals surface area (Å²) in [6.45, 7) is 2.47. The van der Waals surface area contributed by atoms with Crippen LogP contribution < -0.4 is 10.5 Å². The monoisotopic (exact) mass is 271 g/mol. The molecule has 1 aliphatic rings. The van der Waals surface area contributed by atoms with Crippen molar-refractivity contribution in [3.63, 3.8) is 0 Å². The molecule has 106 valence electrons. The Bertz CT molecular complexity index is 565. The van der Waals surface area contributed by atoms with E-state index in [9.17, 15) is 0 Å². The number of nitrogens with two attached hydrogens (primary N) is 1. The first-order chi connectivity index (χ1) is 9.74. The van der Waals surface area contributed by atoms with Crippen molar-refractivity contribution in [1.29, 1.82) is 0 Å². The number of nitrogen functional groups attached to an aromatic ring is 1. The molecule has 2 N–H and O–H groups in total. The summed E-state index contributed by atoms with van der Waals surface area (Å²) in [4.78, 5) is 0. The van der Waals surface area contributed by atoms with E-state index in [1.807, 2.05) is 31.2 Å². The molecular weight excluding hydrogens is 250 g/mol. The molecule has 1 heterocycles. The van der Waals surface area contributed by atoms with Gasteiger partial charge in [-0.05, 0) is 37.5 Å². The molecule has 2 aromatic rings. The zero-order chi connectivity index (χ0) is 13.9. The molecule has 1 saturated carbocycles. The summed E-state index contributed by atoms with van der Waals surface area (Å²) in [5.74, 6) is 0.767. The van der Waals surface area contributed by atoms with Gasteiger partial charge in [-0.3, -0.25) is 4.68 Å². The van der Waals surface area contributed by atoms with E-state index in [0.29, 0.717) is 18.3 Å². The normalized spacial score (nSPS) is 15.7. The van der Waals surface area contributed by atoms with Crippen LogP contribution >= 0.6 is 0 Å². The Morgan fingerprint density at radius 1 is 1.30 bits per heavy atom. The van der Waals surface area contributed by atoms with Crippen LogP contribution in [0.4, 0.5) is 5.69 Å². The van der Waals surface area contributed by atoms with Gasteiger partial charge < -0.3 is 10.5 Å². The summed E-state index contributed by atoms with van der Waals surface area (Å²) in [6, 6.07) is 8.41. The average Bonchev–Trinajstić information content (AvgIpc) is 3.09. The molecule has 0 aliphatic heterocycles. The van der Waals surface area contributed by atoms with Crippen LogP contribution in [0, 0.1) is 6.92 Å². The Kier molecular flexibility index (Phi) is 3.63. The summed E-state index contributed by atoms with van der Waals surface area (Å²) in [5, 5.41) is 4.62. The average molecular weight is 271 g/mol. The highest BCUT2D eigenvalue weighted by Gasteiger charge is 2.17. The second kappa shape index (κ2) is 5.57. The van der Waals surface area contributed by atoms with Crippen molar-refractivity contribution in [2.45, 2.75) is 45.3 Å². The van der Waals surface area contributed by atoms with Gasteiger partial charge in [0.2, 0.25) is 0 Å². The van der Waals surface area contributed by atoms with Gasteiger partial charge in [0.15, 0.2) is 0 Å². The van der Waals surface area contributed by atoms with Crippen LogP contribution in [0.5, 0.6) is 5.75 Å². The minimum atomic E-state index is 0.467. The highest BCUT2D eigenvalue weighted by molar-refractivity contribution is 5.56. The minimum absolute atomic E-state index is 0.467. The maximum atomic E-state index is 5.94. The Labute approximate surface area is 119 Å². The fourth-order valence-electron chi connectivity index (χ4n) is 2.84. The first-order valence-electron chi connectivity index (χ1n) is 7.26. The highest BCUT2D eigenvalue weighted by atomic mass is 16.5. The molecule has 0 amide bonds. The summed E-state index contributed by atoms with van der Waals surface area (Å²) in [5.41, 5.74) is 8.63. The van der Waals surface area contributed by atoms with E-state index in [-0.39, 0.29) is 0 Å². The van der Waals surface area contributed by atoms with Gasteiger partial charge in [0, 0.05) is 6.20 Å². The molecule has 0 atom stereocenters. The molecule has 1 fully saturated rings. The summed E-state index contributed by atoms with van der Waals surface area (Å²) < 4.78 is 7.92. The molecule has 0 bridgehead atoms. The Morgan fingerprint density at radius 3 is 2.85 bits per heavy atom. The standard InChI is InChI=1S/C16H21N3O/c1-12-5-4-8-15(17)16(12)20-11-13-9-10-19(18-13)14-6-2-3-7-14/h4-5,8-10,14H,2-3,6-7,11,17H2,1H3. The van der Waals surface area contributed by atoms with Crippen molar-refractivity contribution < 1.29 is 4.74 Å². The Hall–Kier alpha value is -1.97. The van der Waals surface area contributed by atoms with E-state index >= 15 is 0 Å². The number of nitrogens with zero attached hydrogens (tertiary/aromatic N) is 2. The molecule has 0 saturated heterocycles. The number of ether oxygens (including phenoxy) is 1. The van der Waals surface area contributed by atoms with E-state index in [0.717, 1.165) is 17.0 Å². The molecule has 1 aromatic carbocycles. The van der Waals surface area contributed by atoms with Gasteiger partial charge in [-0.25, -0.2) is 0 Å². The predicted molar refractivity (Wildman–Crippen MR) is 79.7 cm³/mol. The number of aromatic nitrogens is 2. The summed E-state index contributed by atoms with van der Waals surface area (Å²) in [7, 11) is 0. The lowest BCUT2D eigenvalue weighted by atomic mass is 10.2. The third kappa shape index (κ3) is 2.64. The smallest absolute Gasteiger partial charge is 0.145 e. The second-order valence-electron chi connectivity index (χ2n) is 5.51. The predicted octanol–water partition coefficient (Wildman–Crippen LogP) is 3.47. The van der Waals surface area contributed by atoms with Gasteiger partial charge in [0.05, 0.1) is 17.4 Å². The lowest BCUT2D eigenvalue weighted by Crippen LogP contribution is -2.07. The van der Waals surface area contributed by atoms with E-state index in [4.69, 9.17) is 10.5 Å². The molecule has 1 aromatic heterocycles. The van der Waals surface area contributed by atoms with E-state index < -0.39 is 0 Å². The van der Waals surface area contributed by atoms with Gasteiger partial charge >= 0.3 is 0 Å². The number of aryl methyl sites for hydroxylation is 1. The Balaban J connectivity index is 1.66. The lowest BCUT2D eigenvalue weighted by molar-refractivity contribution is 0.297. The topological polar surface area (TPSA) is 53.1 Å². The van der Waals surface area contributed by atoms with Gasteiger partial charge in [-0.2, -0.15) is 5.10 Å². The first kappa shape index (κ1) is 13.0. The number of rotatable bonds is 4. The van der Waals surface area contributed by atoms with Crippen molar-refractivity contribution in [3.05, 3.63) is 41.7 Å². The van der Waals surface area contributed by atoms with Crippen molar-refractivity contribution in [2.75, 3.05) is 5.73 Å².